The van der Waals surface area contributed by atoms with Crippen LogP contribution in [0.5, 0.6) is 0 Å². The van der Waals surface area contributed by atoms with Gasteiger partial charge in [0.05, 0.1) is 14.7 Å². The van der Waals surface area contributed by atoms with Crippen LogP contribution in [0.2, 0.25) is 0 Å². The second kappa shape index (κ2) is 7.53. The molecule has 3 aromatic rings. The van der Waals surface area contributed by atoms with Gasteiger partial charge in [-0.1, -0.05) is 6.07 Å². The Balaban J connectivity index is 1.85. The van der Waals surface area contributed by atoms with Crippen molar-refractivity contribution < 1.29 is 13.3 Å². The second-order valence-electron chi connectivity index (χ2n) is 5.02. The molecular weight excluding hydrogens is 398 g/mol. The number of nitrogens with one attached hydrogen (secondary N) is 2. The smallest absolute Gasteiger partial charge is 0.262 e. The predicted octanol–water partition coefficient (Wildman–Crippen LogP) is 2.42. The van der Waals surface area contributed by atoms with E-state index in [1.54, 1.807) is 11.3 Å². The molecule has 136 valence electrons. The summed E-state index contributed by atoms with van der Waals surface area (Å²) in [4.78, 5) is 16.2. The Morgan fingerprint density at radius 2 is 2.19 bits per heavy atom. The van der Waals surface area contributed by atoms with E-state index < -0.39 is 14.9 Å². The fourth-order valence-electron chi connectivity index (χ4n) is 2.09. The number of rotatable bonds is 7. The van der Waals surface area contributed by atoms with Gasteiger partial charge in [0.25, 0.3) is 5.69 Å². The van der Waals surface area contributed by atoms with Gasteiger partial charge in [-0.25, -0.2) is 18.1 Å². The van der Waals surface area contributed by atoms with Crippen molar-refractivity contribution in [2.45, 2.75) is 21.4 Å². The van der Waals surface area contributed by atoms with Gasteiger partial charge >= 0.3 is 0 Å². The summed E-state index contributed by atoms with van der Waals surface area (Å²) < 4.78 is 25.8. The first kappa shape index (κ1) is 18.5. The van der Waals surface area contributed by atoms with Crippen LogP contribution < -0.4 is 4.72 Å². The second-order valence-corrected chi connectivity index (χ2v) is 8.94. The van der Waals surface area contributed by atoms with Crippen molar-refractivity contribution in [3.05, 3.63) is 56.5 Å². The van der Waals surface area contributed by atoms with Crippen LogP contribution in [-0.4, -0.2) is 35.6 Å². The average Bonchev–Trinajstić information content (AvgIpc) is 3.27. The molecule has 0 unspecified atom stereocenters. The molecular formula is C14H13N5O4S3. The lowest BCUT2D eigenvalue weighted by molar-refractivity contribution is -0.388. The van der Waals surface area contributed by atoms with Crippen molar-refractivity contribution in [1.82, 2.24) is 19.9 Å². The molecule has 12 heteroatoms. The van der Waals surface area contributed by atoms with Crippen LogP contribution in [0, 0.1) is 10.1 Å². The van der Waals surface area contributed by atoms with Crippen molar-refractivity contribution in [2.75, 3.05) is 7.05 Å². The number of benzene rings is 1. The van der Waals surface area contributed by atoms with E-state index >= 15 is 0 Å². The molecule has 0 bridgehead atoms. The lowest BCUT2D eigenvalue weighted by Gasteiger charge is -2.04. The molecule has 0 atom stereocenters. The van der Waals surface area contributed by atoms with E-state index in [2.05, 4.69) is 19.9 Å². The first-order valence-corrected chi connectivity index (χ1v) is 10.4. The summed E-state index contributed by atoms with van der Waals surface area (Å²) in [5.74, 6) is 0.645. The molecule has 3 rings (SSSR count). The van der Waals surface area contributed by atoms with Gasteiger partial charge in [-0.05, 0) is 42.4 Å². The number of aromatic amines is 1. The third-order valence-electron chi connectivity index (χ3n) is 3.34. The number of hydrogen-bond donors (Lipinski definition) is 2. The molecule has 1 aromatic carbocycles. The third kappa shape index (κ3) is 4.09. The molecule has 0 aliphatic carbocycles. The maximum Gasteiger partial charge on any atom is 0.284 e. The Kier molecular flexibility index (Phi) is 5.36. The number of sulfonamides is 1. The van der Waals surface area contributed by atoms with Crippen molar-refractivity contribution in [3.63, 3.8) is 0 Å². The van der Waals surface area contributed by atoms with Gasteiger partial charge in [0, 0.05) is 17.4 Å². The zero-order chi connectivity index (χ0) is 18.7. The molecule has 0 spiro atoms. The standard InChI is InChI=1S/C14H13N5O4S3/c1-15-26(22,23)10-4-5-12(11(8-10)19(20)21)25-14-16-13(17-18-14)7-9-3-2-6-24-9/h2-6,8,15H,7H2,1H3,(H,16,17,18). The lowest BCUT2D eigenvalue weighted by Crippen LogP contribution is -2.18. The summed E-state index contributed by atoms with van der Waals surface area (Å²) in [5.41, 5.74) is -0.323. The largest absolute Gasteiger partial charge is 0.284 e. The number of nitro benzene ring substituents is 1. The van der Waals surface area contributed by atoms with Gasteiger partial charge in [0.15, 0.2) is 0 Å². The van der Waals surface area contributed by atoms with Gasteiger partial charge in [0.1, 0.15) is 5.82 Å². The topological polar surface area (TPSA) is 131 Å². The molecule has 0 saturated heterocycles. The molecule has 26 heavy (non-hydrogen) atoms. The van der Waals surface area contributed by atoms with Crippen LogP contribution >= 0.6 is 23.1 Å². The number of H-pyrrole nitrogens is 1. The zero-order valence-corrected chi connectivity index (χ0v) is 15.8. The Labute approximate surface area is 157 Å². The first-order chi connectivity index (χ1) is 12.4. The van der Waals surface area contributed by atoms with E-state index in [1.807, 2.05) is 17.5 Å². The van der Waals surface area contributed by atoms with Gasteiger partial charge in [-0.3, -0.25) is 15.2 Å². The maximum absolute atomic E-state index is 11.8. The Hall–Kier alpha value is -2.28. The van der Waals surface area contributed by atoms with Crippen LogP contribution in [0.25, 0.3) is 0 Å². The molecule has 0 saturated carbocycles. The normalized spacial score (nSPS) is 11.6. The molecule has 2 heterocycles. The van der Waals surface area contributed by atoms with Gasteiger partial charge in [-0.2, -0.15) is 0 Å². The fourth-order valence-corrected chi connectivity index (χ4v) is 4.37. The average molecular weight is 411 g/mol. The van der Waals surface area contributed by atoms with Crippen LogP contribution in [0.15, 0.2) is 50.7 Å². The van der Waals surface area contributed by atoms with E-state index in [4.69, 9.17) is 0 Å². The Bertz CT molecular complexity index is 1030. The Morgan fingerprint density at radius 1 is 1.38 bits per heavy atom. The van der Waals surface area contributed by atoms with Gasteiger partial charge < -0.3 is 0 Å². The highest BCUT2D eigenvalue weighted by Gasteiger charge is 2.22. The maximum atomic E-state index is 11.8. The van der Waals surface area contributed by atoms with E-state index in [1.165, 1.54) is 19.2 Å². The molecule has 9 nitrogen and oxygen atoms in total. The monoisotopic (exact) mass is 411 g/mol. The number of thiophene rings is 1. The third-order valence-corrected chi connectivity index (χ3v) is 6.56. The van der Waals surface area contributed by atoms with Crippen molar-refractivity contribution in [2.24, 2.45) is 0 Å². The molecule has 0 radical (unpaired) electrons. The van der Waals surface area contributed by atoms with E-state index in [0.29, 0.717) is 17.4 Å². The molecule has 2 N–H and O–H groups in total. The quantitative estimate of drug-likeness (QED) is 0.451. The summed E-state index contributed by atoms with van der Waals surface area (Å²) in [5, 5.41) is 20.5. The highest BCUT2D eigenvalue weighted by atomic mass is 32.2. The lowest BCUT2D eigenvalue weighted by atomic mass is 10.3. The van der Waals surface area contributed by atoms with Gasteiger partial charge in [0.2, 0.25) is 15.2 Å². The van der Waals surface area contributed by atoms with Gasteiger partial charge in [-0.15, -0.1) is 16.4 Å². The van der Waals surface area contributed by atoms with Crippen LogP contribution in [-0.2, 0) is 16.4 Å². The molecule has 0 aliphatic rings. The highest BCUT2D eigenvalue weighted by Crippen LogP contribution is 2.34. The van der Waals surface area contributed by atoms with Crippen LogP contribution in [0.4, 0.5) is 5.69 Å². The summed E-state index contributed by atoms with van der Waals surface area (Å²) in [6.07, 6.45) is 0.590. The minimum Gasteiger partial charge on any atom is -0.262 e. The minimum absolute atomic E-state index is 0.176. The highest BCUT2D eigenvalue weighted by molar-refractivity contribution is 7.99. The molecule has 0 fully saturated rings. The summed E-state index contributed by atoms with van der Waals surface area (Å²) >= 11 is 2.59. The van der Waals surface area contributed by atoms with Crippen LogP contribution in [0.3, 0.4) is 0 Å². The first-order valence-electron chi connectivity index (χ1n) is 7.22. The summed E-state index contributed by atoms with van der Waals surface area (Å²) in [6.45, 7) is 0. The SMILES string of the molecule is CNS(=O)(=O)c1ccc(Sc2n[nH]c(Cc3cccs3)n2)c([N+](=O)[O-])c1. The summed E-state index contributed by atoms with van der Waals surface area (Å²) in [7, 11) is -2.53. The van der Waals surface area contributed by atoms with E-state index in [0.717, 1.165) is 22.7 Å². The minimum atomic E-state index is -3.77. The van der Waals surface area contributed by atoms with Crippen LogP contribution in [0.1, 0.15) is 10.7 Å². The molecule has 2 aromatic heterocycles. The predicted molar refractivity (Wildman–Crippen MR) is 97.0 cm³/mol. The van der Waals surface area contributed by atoms with Crippen molar-refractivity contribution in [1.29, 1.82) is 0 Å². The zero-order valence-electron chi connectivity index (χ0n) is 13.4. The number of nitro groups is 1. The Morgan fingerprint density at radius 3 is 2.85 bits per heavy atom. The number of hydrogen-bond acceptors (Lipinski definition) is 8. The fraction of sp³-hybridized carbons (Fsp3) is 0.143. The molecule has 0 amide bonds. The number of aromatic nitrogens is 3. The summed E-state index contributed by atoms with van der Waals surface area (Å²) in [6, 6.07) is 7.62. The number of nitrogens with zero attached hydrogens (tertiary/aromatic N) is 3. The van der Waals surface area contributed by atoms with E-state index in [9.17, 15) is 18.5 Å². The van der Waals surface area contributed by atoms with Crippen molar-refractivity contribution >= 4 is 38.8 Å². The van der Waals surface area contributed by atoms with Crippen molar-refractivity contribution in [3.8, 4) is 0 Å². The van der Waals surface area contributed by atoms with E-state index in [-0.39, 0.29) is 15.5 Å². The molecule has 0 aliphatic heterocycles.